The molecule has 1 aliphatic rings. The first-order chi connectivity index (χ1) is 16.0. The Balaban J connectivity index is 1.59. The topological polar surface area (TPSA) is 49.9 Å². The molecule has 1 atom stereocenters. The monoisotopic (exact) mass is 464 g/mol. The van der Waals surface area contributed by atoms with Crippen LogP contribution < -0.4 is 4.74 Å². The maximum absolute atomic E-state index is 13.6. The lowest BCUT2D eigenvalue weighted by molar-refractivity contribution is -0.133. The molecule has 7 heteroatoms. The molecule has 0 aliphatic carbocycles. The van der Waals surface area contributed by atoms with Crippen molar-refractivity contribution in [2.45, 2.75) is 12.5 Å². The maximum Gasteiger partial charge on any atom is 0.254 e. The van der Waals surface area contributed by atoms with Crippen LogP contribution in [0, 0.1) is 5.82 Å². The Hall–Kier alpha value is -3.45. The van der Waals surface area contributed by atoms with Crippen LogP contribution in [0.15, 0.2) is 72.6 Å². The van der Waals surface area contributed by atoms with Crippen molar-refractivity contribution in [2.75, 3.05) is 26.7 Å². The molecule has 4 rings (SSSR count). The number of ether oxygens (including phenoxy) is 1. The van der Waals surface area contributed by atoms with Gasteiger partial charge in [-0.3, -0.25) is 9.59 Å². The molecule has 3 aromatic rings. The molecule has 0 spiro atoms. The van der Waals surface area contributed by atoms with E-state index in [-0.39, 0.29) is 36.8 Å². The van der Waals surface area contributed by atoms with Crippen LogP contribution in [0.2, 0.25) is 0 Å². The minimum Gasteiger partial charge on any atom is -0.497 e. The average Bonchev–Trinajstić information content (AvgIpc) is 3.32. The summed E-state index contributed by atoms with van der Waals surface area (Å²) in [6, 6.07) is 14.8. The lowest BCUT2D eigenvalue weighted by Crippen LogP contribution is -2.46. The smallest absolute Gasteiger partial charge is 0.254 e. The molecule has 0 bridgehead atoms. The van der Waals surface area contributed by atoms with Crippen LogP contribution in [-0.2, 0) is 11.2 Å². The maximum atomic E-state index is 13.6. The zero-order chi connectivity index (χ0) is 23.4. The van der Waals surface area contributed by atoms with E-state index >= 15 is 0 Å². The highest BCUT2D eigenvalue weighted by molar-refractivity contribution is 7.10. The predicted molar refractivity (Wildman–Crippen MR) is 127 cm³/mol. The number of nitrogens with zero attached hydrogens (tertiary/aromatic N) is 2. The van der Waals surface area contributed by atoms with Crippen LogP contribution in [-0.4, -0.2) is 48.4 Å². The Bertz CT molecular complexity index is 1140. The average molecular weight is 465 g/mol. The SMILES string of the molecule is C=CCN(CC(=O)N1CCc2sccc2C1c1ccc(F)cc1)C(=O)c1ccc(OC)cc1. The number of rotatable bonds is 7. The molecule has 2 heterocycles. The number of thiophene rings is 1. The van der Waals surface area contributed by atoms with Gasteiger partial charge in [0.1, 0.15) is 18.1 Å². The molecule has 1 aromatic heterocycles. The van der Waals surface area contributed by atoms with Crippen molar-refractivity contribution < 1.29 is 18.7 Å². The largest absolute Gasteiger partial charge is 0.497 e. The van der Waals surface area contributed by atoms with Crippen molar-refractivity contribution in [3.05, 3.63) is 100 Å². The zero-order valence-corrected chi connectivity index (χ0v) is 19.2. The van der Waals surface area contributed by atoms with Gasteiger partial charge in [0.25, 0.3) is 5.91 Å². The summed E-state index contributed by atoms with van der Waals surface area (Å²) in [7, 11) is 1.56. The van der Waals surface area contributed by atoms with Crippen molar-refractivity contribution in [3.63, 3.8) is 0 Å². The van der Waals surface area contributed by atoms with E-state index in [0.717, 1.165) is 17.5 Å². The molecule has 0 radical (unpaired) electrons. The van der Waals surface area contributed by atoms with Gasteiger partial charge in [-0.2, -0.15) is 0 Å². The highest BCUT2D eigenvalue weighted by atomic mass is 32.1. The van der Waals surface area contributed by atoms with Gasteiger partial charge in [-0.1, -0.05) is 18.2 Å². The molecule has 2 amide bonds. The number of benzene rings is 2. The molecular weight excluding hydrogens is 439 g/mol. The first-order valence-corrected chi connectivity index (χ1v) is 11.5. The Morgan fingerprint density at radius 1 is 1.18 bits per heavy atom. The number of methoxy groups -OCH3 is 1. The Labute approximate surface area is 196 Å². The van der Waals surface area contributed by atoms with Gasteiger partial charge >= 0.3 is 0 Å². The molecule has 2 aromatic carbocycles. The molecule has 5 nitrogen and oxygen atoms in total. The van der Waals surface area contributed by atoms with Crippen LogP contribution in [0.3, 0.4) is 0 Å². The molecule has 0 saturated carbocycles. The summed E-state index contributed by atoms with van der Waals surface area (Å²) in [6.07, 6.45) is 2.36. The van der Waals surface area contributed by atoms with Crippen molar-refractivity contribution in [3.8, 4) is 5.75 Å². The van der Waals surface area contributed by atoms with Gasteiger partial charge < -0.3 is 14.5 Å². The van der Waals surface area contributed by atoms with Crippen LogP contribution in [0.25, 0.3) is 0 Å². The first kappa shape index (κ1) is 22.7. The standard InChI is InChI=1S/C26H25FN2O3S/c1-3-14-28(26(31)19-6-10-21(32-2)11-7-19)17-24(30)29-15-12-23-22(13-16-33-23)25(29)18-4-8-20(27)9-5-18/h3-11,13,16,25H,1,12,14-15,17H2,2H3. The number of hydrogen-bond donors (Lipinski definition) is 0. The van der Waals surface area contributed by atoms with E-state index in [9.17, 15) is 14.0 Å². The minimum absolute atomic E-state index is 0.0753. The van der Waals surface area contributed by atoms with E-state index in [1.165, 1.54) is 21.9 Å². The molecular formula is C26H25FN2O3S. The Morgan fingerprint density at radius 3 is 2.58 bits per heavy atom. The van der Waals surface area contributed by atoms with Gasteiger partial charge in [0.2, 0.25) is 5.91 Å². The van der Waals surface area contributed by atoms with Gasteiger partial charge in [0.05, 0.1) is 13.2 Å². The summed E-state index contributed by atoms with van der Waals surface area (Å²) in [6.45, 7) is 4.45. The lowest BCUT2D eigenvalue weighted by Gasteiger charge is -2.37. The minimum atomic E-state index is -0.319. The number of carbonyl (C=O) groups excluding carboxylic acids is 2. The second-order valence-corrected chi connectivity index (χ2v) is 8.79. The van der Waals surface area contributed by atoms with Crippen LogP contribution in [0.1, 0.15) is 32.4 Å². The van der Waals surface area contributed by atoms with Crippen LogP contribution >= 0.6 is 11.3 Å². The van der Waals surface area contributed by atoms with E-state index < -0.39 is 0 Å². The Morgan fingerprint density at radius 2 is 1.91 bits per heavy atom. The Kier molecular flexibility index (Phi) is 6.89. The number of amides is 2. The highest BCUT2D eigenvalue weighted by Crippen LogP contribution is 2.38. The number of fused-ring (bicyclic) bond motifs is 1. The lowest BCUT2D eigenvalue weighted by atomic mass is 9.93. The van der Waals surface area contributed by atoms with Gasteiger partial charge in [0, 0.05) is 23.5 Å². The summed E-state index contributed by atoms with van der Waals surface area (Å²) in [5.74, 6) is -0.0810. The summed E-state index contributed by atoms with van der Waals surface area (Å²) in [4.78, 5) is 31.1. The number of halogens is 1. The number of hydrogen-bond acceptors (Lipinski definition) is 4. The van der Waals surface area contributed by atoms with E-state index in [4.69, 9.17) is 4.74 Å². The second kappa shape index (κ2) is 10.0. The van der Waals surface area contributed by atoms with Crippen LogP contribution in [0.4, 0.5) is 4.39 Å². The predicted octanol–water partition coefficient (Wildman–Crippen LogP) is 4.70. The van der Waals surface area contributed by atoms with Gasteiger partial charge in [0.15, 0.2) is 0 Å². The zero-order valence-electron chi connectivity index (χ0n) is 18.4. The first-order valence-electron chi connectivity index (χ1n) is 10.7. The second-order valence-electron chi connectivity index (χ2n) is 7.79. The summed E-state index contributed by atoms with van der Waals surface area (Å²) in [5, 5.41) is 2.02. The van der Waals surface area contributed by atoms with E-state index in [2.05, 4.69) is 6.58 Å². The van der Waals surface area contributed by atoms with Crippen LogP contribution in [0.5, 0.6) is 5.75 Å². The van der Waals surface area contributed by atoms with Crippen molar-refractivity contribution in [1.29, 1.82) is 0 Å². The summed E-state index contributed by atoms with van der Waals surface area (Å²) < 4.78 is 18.7. The number of carbonyl (C=O) groups is 2. The molecule has 0 saturated heterocycles. The van der Waals surface area contributed by atoms with E-state index in [1.807, 2.05) is 11.4 Å². The van der Waals surface area contributed by atoms with Gasteiger partial charge in [-0.15, -0.1) is 17.9 Å². The summed E-state index contributed by atoms with van der Waals surface area (Å²) in [5.41, 5.74) is 2.38. The van der Waals surface area contributed by atoms with Crippen molar-refractivity contribution in [1.82, 2.24) is 9.80 Å². The van der Waals surface area contributed by atoms with E-state index in [1.54, 1.807) is 65.8 Å². The molecule has 0 N–H and O–H groups in total. The third-order valence-corrected chi connectivity index (χ3v) is 6.77. The van der Waals surface area contributed by atoms with Gasteiger partial charge in [-0.25, -0.2) is 4.39 Å². The normalized spacial score (nSPS) is 15.0. The fourth-order valence-corrected chi connectivity index (χ4v) is 5.04. The van der Waals surface area contributed by atoms with Crippen molar-refractivity contribution >= 4 is 23.2 Å². The van der Waals surface area contributed by atoms with Crippen molar-refractivity contribution in [2.24, 2.45) is 0 Å². The van der Waals surface area contributed by atoms with Gasteiger partial charge in [-0.05, 0) is 65.4 Å². The quantitative estimate of drug-likeness (QED) is 0.477. The molecule has 33 heavy (non-hydrogen) atoms. The fourth-order valence-electron chi connectivity index (χ4n) is 4.13. The highest BCUT2D eigenvalue weighted by Gasteiger charge is 2.34. The molecule has 0 fully saturated rings. The fraction of sp³-hybridized carbons (Fsp3) is 0.231. The molecule has 170 valence electrons. The third-order valence-electron chi connectivity index (χ3n) is 5.77. The van der Waals surface area contributed by atoms with E-state index in [0.29, 0.717) is 17.9 Å². The third kappa shape index (κ3) is 4.83. The molecule has 1 aliphatic heterocycles. The summed E-state index contributed by atoms with van der Waals surface area (Å²) >= 11 is 1.67. The molecule has 1 unspecified atom stereocenters.